The van der Waals surface area contributed by atoms with Crippen molar-refractivity contribution < 1.29 is 17.9 Å². The Morgan fingerprint density at radius 2 is 1.92 bits per heavy atom. The molecular weight excluding hydrogens is 396 g/mol. The highest BCUT2D eigenvalue weighted by Crippen LogP contribution is 2.31. The fourth-order valence-corrected chi connectivity index (χ4v) is 5.47. The second-order valence-corrected chi connectivity index (χ2v) is 9.51. The van der Waals surface area contributed by atoms with Gasteiger partial charge in [-0.3, -0.25) is 4.79 Å². The molecule has 26 heavy (non-hydrogen) atoms. The molecule has 2 heterocycles. The lowest BCUT2D eigenvalue weighted by atomic mass is 10.2. The summed E-state index contributed by atoms with van der Waals surface area (Å²) in [5.74, 6) is -0.0823. The molecule has 0 spiro atoms. The van der Waals surface area contributed by atoms with E-state index < -0.39 is 10.0 Å². The van der Waals surface area contributed by atoms with Gasteiger partial charge < -0.3 is 10.1 Å². The first-order chi connectivity index (χ1) is 12.4. The Morgan fingerprint density at radius 3 is 2.54 bits per heavy atom. The van der Waals surface area contributed by atoms with E-state index in [-0.39, 0.29) is 16.6 Å². The van der Waals surface area contributed by atoms with Crippen LogP contribution >= 0.6 is 22.9 Å². The van der Waals surface area contributed by atoms with Crippen LogP contribution < -0.4 is 10.1 Å². The third-order valence-corrected chi connectivity index (χ3v) is 7.30. The fraction of sp³-hybridized carbons (Fsp3) is 0.353. The molecule has 1 aromatic carbocycles. The first-order valence-corrected chi connectivity index (χ1v) is 10.8. The minimum Gasteiger partial charge on any atom is -0.495 e. The van der Waals surface area contributed by atoms with E-state index in [1.165, 1.54) is 17.5 Å². The SMILES string of the molecule is COc1ccc(NC(=O)c2ccc(Cl)s2)cc1S(=O)(=O)N1CCCCC1. The number of methoxy groups -OCH3 is 1. The number of hydrogen-bond donors (Lipinski definition) is 1. The molecule has 1 fully saturated rings. The van der Waals surface area contributed by atoms with Crippen LogP contribution in [0.1, 0.15) is 28.9 Å². The molecule has 1 amide bonds. The van der Waals surface area contributed by atoms with E-state index in [1.807, 2.05) is 0 Å². The Balaban J connectivity index is 1.90. The van der Waals surface area contributed by atoms with Crippen molar-refractivity contribution in [2.24, 2.45) is 0 Å². The summed E-state index contributed by atoms with van der Waals surface area (Å²) in [4.78, 5) is 12.8. The lowest BCUT2D eigenvalue weighted by Gasteiger charge is -2.26. The summed E-state index contributed by atoms with van der Waals surface area (Å²) in [5.41, 5.74) is 0.385. The van der Waals surface area contributed by atoms with Crippen LogP contribution in [0.25, 0.3) is 0 Å². The maximum atomic E-state index is 13.0. The summed E-state index contributed by atoms with van der Waals surface area (Å²) in [6.45, 7) is 0.992. The zero-order chi connectivity index (χ0) is 18.7. The van der Waals surface area contributed by atoms with Crippen LogP contribution in [0.3, 0.4) is 0 Å². The molecule has 1 N–H and O–H groups in total. The minimum absolute atomic E-state index is 0.0592. The van der Waals surface area contributed by atoms with Crippen LogP contribution in [-0.4, -0.2) is 38.8 Å². The number of sulfonamides is 1. The minimum atomic E-state index is -3.69. The van der Waals surface area contributed by atoms with Crippen molar-refractivity contribution in [2.45, 2.75) is 24.2 Å². The first kappa shape index (κ1) is 19.2. The van der Waals surface area contributed by atoms with E-state index in [0.29, 0.717) is 28.0 Å². The van der Waals surface area contributed by atoms with Gasteiger partial charge >= 0.3 is 0 Å². The van der Waals surface area contributed by atoms with Crippen LogP contribution in [0.2, 0.25) is 4.34 Å². The standard InChI is InChI=1S/C17H19ClN2O4S2/c1-24-13-6-5-12(19-17(21)14-7-8-16(18)25-14)11-15(13)26(22,23)20-9-3-2-4-10-20/h5-8,11H,2-4,9-10H2,1H3,(H,19,21). The summed E-state index contributed by atoms with van der Waals surface area (Å²) >= 11 is 7.01. The van der Waals surface area contributed by atoms with Gasteiger partial charge in [0.1, 0.15) is 10.6 Å². The van der Waals surface area contributed by atoms with Gasteiger partial charge in [0.05, 0.1) is 16.3 Å². The number of carbonyl (C=O) groups is 1. The molecule has 2 aromatic rings. The van der Waals surface area contributed by atoms with Crippen molar-refractivity contribution in [3.63, 3.8) is 0 Å². The summed E-state index contributed by atoms with van der Waals surface area (Å²) in [6, 6.07) is 7.86. The van der Waals surface area contributed by atoms with Crippen LogP contribution in [0.5, 0.6) is 5.75 Å². The number of nitrogens with zero attached hydrogens (tertiary/aromatic N) is 1. The van der Waals surface area contributed by atoms with E-state index in [2.05, 4.69) is 5.32 Å². The van der Waals surface area contributed by atoms with Gasteiger partial charge in [-0.25, -0.2) is 8.42 Å². The number of piperidine rings is 1. The normalized spacial score (nSPS) is 15.6. The molecule has 0 atom stereocenters. The molecule has 3 rings (SSSR count). The van der Waals surface area contributed by atoms with E-state index in [0.717, 1.165) is 30.6 Å². The second-order valence-electron chi connectivity index (χ2n) is 5.89. The Kier molecular flexibility index (Phi) is 5.86. The van der Waals surface area contributed by atoms with Gasteiger partial charge in [-0.15, -0.1) is 11.3 Å². The number of rotatable bonds is 5. The van der Waals surface area contributed by atoms with E-state index in [9.17, 15) is 13.2 Å². The molecule has 0 radical (unpaired) electrons. The molecule has 1 aliphatic heterocycles. The van der Waals surface area contributed by atoms with Crippen molar-refractivity contribution in [3.05, 3.63) is 39.5 Å². The number of halogens is 1. The molecule has 0 saturated carbocycles. The molecule has 140 valence electrons. The Bertz CT molecular complexity index is 905. The Morgan fingerprint density at radius 1 is 1.19 bits per heavy atom. The van der Waals surface area contributed by atoms with Gasteiger partial charge in [0, 0.05) is 18.8 Å². The fourth-order valence-electron chi connectivity index (χ4n) is 2.83. The lowest BCUT2D eigenvalue weighted by Crippen LogP contribution is -2.35. The van der Waals surface area contributed by atoms with Gasteiger partial charge in [0.15, 0.2) is 0 Å². The molecule has 0 unspecified atom stereocenters. The molecule has 1 saturated heterocycles. The van der Waals surface area contributed by atoms with Crippen LogP contribution in [-0.2, 0) is 10.0 Å². The summed E-state index contributed by atoms with van der Waals surface area (Å²) in [5, 5.41) is 2.71. The maximum Gasteiger partial charge on any atom is 0.265 e. The van der Waals surface area contributed by atoms with Gasteiger partial charge in [-0.1, -0.05) is 18.0 Å². The number of hydrogen-bond acceptors (Lipinski definition) is 5. The predicted octanol–water partition coefficient (Wildman–Crippen LogP) is 3.84. The number of ether oxygens (including phenoxy) is 1. The Hall–Kier alpha value is -1.61. The van der Waals surface area contributed by atoms with Gasteiger partial charge in [-0.2, -0.15) is 4.31 Å². The molecule has 0 bridgehead atoms. The molecule has 0 aliphatic carbocycles. The molecule has 6 nitrogen and oxygen atoms in total. The number of nitrogens with one attached hydrogen (secondary N) is 1. The zero-order valence-corrected chi connectivity index (χ0v) is 16.6. The van der Waals surface area contributed by atoms with Crippen LogP contribution in [0.4, 0.5) is 5.69 Å². The van der Waals surface area contributed by atoms with Gasteiger partial charge in [0.2, 0.25) is 10.0 Å². The highest BCUT2D eigenvalue weighted by molar-refractivity contribution is 7.89. The van der Waals surface area contributed by atoms with E-state index in [1.54, 1.807) is 24.3 Å². The maximum absolute atomic E-state index is 13.0. The number of anilines is 1. The third-order valence-electron chi connectivity index (χ3n) is 4.15. The van der Waals surface area contributed by atoms with Crippen molar-refractivity contribution in [3.8, 4) is 5.75 Å². The number of benzene rings is 1. The topological polar surface area (TPSA) is 75.7 Å². The van der Waals surface area contributed by atoms with E-state index in [4.69, 9.17) is 16.3 Å². The second kappa shape index (κ2) is 7.96. The molecule has 1 aromatic heterocycles. The summed E-state index contributed by atoms with van der Waals surface area (Å²) in [7, 11) is -2.26. The monoisotopic (exact) mass is 414 g/mol. The smallest absolute Gasteiger partial charge is 0.265 e. The van der Waals surface area contributed by atoms with Gasteiger partial charge in [-0.05, 0) is 43.2 Å². The predicted molar refractivity (Wildman–Crippen MR) is 103 cm³/mol. The highest BCUT2D eigenvalue weighted by atomic mass is 35.5. The molecule has 1 aliphatic rings. The average molecular weight is 415 g/mol. The number of carbonyl (C=O) groups excluding carboxylic acids is 1. The first-order valence-electron chi connectivity index (χ1n) is 8.16. The van der Waals surface area contributed by atoms with Crippen LogP contribution in [0, 0.1) is 0 Å². The molecular formula is C17H19ClN2O4S2. The van der Waals surface area contributed by atoms with Crippen molar-refractivity contribution in [1.29, 1.82) is 0 Å². The van der Waals surface area contributed by atoms with Crippen LogP contribution in [0.15, 0.2) is 35.2 Å². The van der Waals surface area contributed by atoms with Gasteiger partial charge in [0.25, 0.3) is 5.91 Å². The van der Waals surface area contributed by atoms with Crippen molar-refractivity contribution in [2.75, 3.05) is 25.5 Å². The number of thiophene rings is 1. The lowest BCUT2D eigenvalue weighted by molar-refractivity contribution is 0.103. The summed E-state index contributed by atoms with van der Waals surface area (Å²) < 4.78 is 33.2. The largest absolute Gasteiger partial charge is 0.495 e. The van der Waals surface area contributed by atoms with E-state index >= 15 is 0 Å². The quantitative estimate of drug-likeness (QED) is 0.806. The third kappa shape index (κ3) is 4.03. The number of amides is 1. The summed E-state index contributed by atoms with van der Waals surface area (Å²) in [6.07, 6.45) is 2.72. The zero-order valence-electron chi connectivity index (χ0n) is 14.2. The molecule has 9 heteroatoms. The van der Waals surface area contributed by atoms with Crippen molar-refractivity contribution in [1.82, 2.24) is 4.31 Å². The van der Waals surface area contributed by atoms with Crippen molar-refractivity contribution >= 4 is 44.6 Å². The highest BCUT2D eigenvalue weighted by Gasteiger charge is 2.29. The Labute approximate surface area is 161 Å². The average Bonchev–Trinajstić information content (AvgIpc) is 3.09.